The second-order valence-electron chi connectivity index (χ2n) is 3.26. The van der Waals surface area contributed by atoms with Crippen molar-refractivity contribution in [2.24, 2.45) is 0 Å². The highest BCUT2D eigenvalue weighted by atomic mass is 15.2. The van der Waals surface area contributed by atoms with Gasteiger partial charge < -0.3 is 0 Å². The third-order valence-corrected chi connectivity index (χ3v) is 2.33. The van der Waals surface area contributed by atoms with Crippen LogP contribution in [0.25, 0.3) is 0 Å². The van der Waals surface area contributed by atoms with Crippen LogP contribution in [0.5, 0.6) is 0 Å². The molecule has 3 heteroatoms. The van der Waals surface area contributed by atoms with Crippen LogP contribution in [0.15, 0.2) is 0 Å². The highest BCUT2D eigenvalue weighted by Crippen LogP contribution is 2.31. The fourth-order valence-electron chi connectivity index (χ4n) is 1.73. The van der Waals surface area contributed by atoms with Gasteiger partial charge in [0.25, 0.3) is 0 Å². The number of hydrogen-bond acceptors (Lipinski definition) is 2. The lowest BCUT2D eigenvalue weighted by atomic mass is 10.1. The van der Waals surface area contributed by atoms with Gasteiger partial charge in [0, 0.05) is 5.92 Å². The minimum absolute atomic E-state index is 0.639. The molecular formula is C8H13N3. The molecule has 1 aromatic heterocycles. The highest BCUT2D eigenvalue weighted by Gasteiger charge is 2.20. The first-order valence-electron chi connectivity index (χ1n) is 4.25. The Bertz CT molecular complexity index is 235. The number of H-pyrrole nitrogens is 1. The van der Waals surface area contributed by atoms with E-state index in [0.29, 0.717) is 5.92 Å². The van der Waals surface area contributed by atoms with Crippen molar-refractivity contribution < 1.29 is 0 Å². The Kier molecular flexibility index (Phi) is 1.64. The highest BCUT2D eigenvalue weighted by molar-refractivity contribution is 4.98. The Morgan fingerprint density at radius 3 is 2.64 bits per heavy atom. The van der Waals surface area contributed by atoms with Gasteiger partial charge in [-0.15, -0.1) is 0 Å². The van der Waals surface area contributed by atoms with Crippen LogP contribution in [-0.2, 0) is 0 Å². The second kappa shape index (κ2) is 2.64. The zero-order chi connectivity index (χ0) is 7.68. The molecule has 0 aromatic carbocycles. The summed E-state index contributed by atoms with van der Waals surface area (Å²) in [5.41, 5.74) is 0. The number of rotatable bonds is 1. The number of aryl methyl sites for hydroxylation is 1. The number of nitrogens with one attached hydrogen (secondary N) is 1. The lowest BCUT2D eigenvalue weighted by Gasteiger charge is -2.00. The number of aromatic nitrogens is 3. The summed E-state index contributed by atoms with van der Waals surface area (Å²) in [6.45, 7) is 1.95. The molecule has 1 N–H and O–H groups in total. The Morgan fingerprint density at radius 1 is 1.36 bits per heavy atom. The molecule has 3 nitrogen and oxygen atoms in total. The van der Waals surface area contributed by atoms with Gasteiger partial charge in [-0.1, -0.05) is 12.8 Å². The topological polar surface area (TPSA) is 41.6 Å². The molecule has 1 fully saturated rings. The monoisotopic (exact) mass is 151 g/mol. The van der Waals surface area contributed by atoms with Crippen LogP contribution >= 0.6 is 0 Å². The number of hydrogen-bond donors (Lipinski definition) is 1. The summed E-state index contributed by atoms with van der Waals surface area (Å²) >= 11 is 0. The fourth-order valence-corrected chi connectivity index (χ4v) is 1.73. The molecule has 1 aromatic rings. The van der Waals surface area contributed by atoms with Crippen molar-refractivity contribution in [3.05, 3.63) is 11.6 Å². The van der Waals surface area contributed by atoms with E-state index in [9.17, 15) is 0 Å². The van der Waals surface area contributed by atoms with Crippen molar-refractivity contribution in [3.8, 4) is 0 Å². The number of aromatic amines is 1. The van der Waals surface area contributed by atoms with Gasteiger partial charge in [-0.2, -0.15) is 5.10 Å². The van der Waals surface area contributed by atoms with Crippen LogP contribution < -0.4 is 0 Å². The predicted molar refractivity (Wildman–Crippen MR) is 42.3 cm³/mol. The minimum Gasteiger partial charge on any atom is -0.263 e. The summed E-state index contributed by atoms with van der Waals surface area (Å²) < 4.78 is 0. The zero-order valence-corrected chi connectivity index (χ0v) is 6.80. The first-order chi connectivity index (χ1) is 5.36. The van der Waals surface area contributed by atoms with E-state index in [4.69, 9.17) is 0 Å². The first kappa shape index (κ1) is 6.83. The van der Waals surface area contributed by atoms with Crippen LogP contribution in [-0.4, -0.2) is 15.2 Å². The smallest absolute Gasteiger partial charge is 0.153 e. The van der Waals surface area contributed by atoms with Crippen molar-refractivity contribution in [2.45, 2.75) is 38.5 Å². The summed E-state index contributed by atoms with van der Waals surface area (Å²) in [6.07, 6.45) is 5.24. The van der Waals surface area contributed by atoms with Gasteiger partial charge in [0.15, 0.2) is 5.82 Å². The standard InChI is InChI=1S/C8H13N3/c1-6-9-8(11-10-6)7-4-2-3-5-7/h7H,2-5H2,1H3,(H,9,10,11). The summed E-state index contributed by atoms with van der Waals surface area (Å²) in [4.78, 5) is 4.33. The van der Waals surface area contributed by atoms with E-state index in [0.717, 1.165) is 11.6 Å². The molecule has 1 aliphatic carbocycles. The van der Waals surface area contributed by atoms with Gasteiger partial charge in [-0.3, -0.25) is 5.10 Å². The average Bonchev–Trinajstić information content (AvgIpc) is 2.55. The lowest BCUT2D eigenvalue weighted by Crippen LogP contribution is -1.94. The van der Waals surface area contributed by atoms with E-state index in [1.54, 1.807) is 0 Å². The van der Waals surface area contributed by atoms with Gasteiger partial charge in [-0.05, 0) is 19.8 Å². The molecule has 2 rings (SSSR count). The maximum absolute atomic E-state index is 4.33. The molecule has 0 spiro atoms. The normalized spacial score (nSPS) is 19.4. The molecule has 1 aliphatic rings. The van der Waals surface area contributed by atoms with E-state index in [1.807, 2.05) is 6.92 Å². The summed E-state index contributed by atoms with van der Waals surface area (Å²) in [5.74, 6) is 2.60. The third-order valence-electron chi connectivity index (χ3n) is 2.33. The minimum atomic E-state index is 0.639. The molecule has 11 heavy (non-hydrogen) atoms. The molecule has 0 aliphatic heterocycles. The van der Waals surface area contributed by atoms with Crippen molar-refractivity contribution in [3.63, 3.8) is 0 Å². The van der Waals surface area contributed by atoms with Crippen LogP contribution in [0.2, 0.25) is 0 Å². The maximum atomic E-state index is 4.33. The average molecular weight is 151 g/mol. The zero-order valence-electron chi connectivity index (χ0n) is 6.80. The SMILES string of the molecule is Cc1nc(C2CCCC2)n[nH]1. The van der Waals surface area contributed by atoms with E-state index in [1.165, 1.54) is 25.7 Å². The Hall–Kier alpha value is -0.860. The van der Waals surface area contributed by atoms with Crippen LogP contribution in [0, 0.1) is 6.92 Å². The third kappa shape index (κ3) is 1.27. The van der Waals surface area contributed by atoms with Crippen molar-refractivity contribution >= 4 is 0 Å². The summed E-state index contributed by atoms with van der Waals surface area (Å²) in [5, 5.41) is 7.05. The number of nitrogens with zero attached hydrogens (tertiary/aromatic N) is 2. The molecule has 1 saturated carbocycles. The van der Waals surface area contributed by atoms with E-state index in [-0.39, 0.29) is 0 Å². The maximum Gasteiger partial charge on any atom is 0.153 e. The van der Waals surface area contributed by atoms with Crippen molar-refractivity contribution in [1.82, 2.24) is 15.2 Å². The predicted octanol–water partition coefficient (Wildman–Crippen LogP) is 1.77. The van der Waals surface area contributed by atoms with Gasteiger partial charge >= 0.3 is 0 Å². The molecule has 60 valence electrons. The molecule has 0 unspecified atom stereocenters. The van der Waals surface area contributed by atoms with Crippen LogP contribution in [0.4, 0.5) is 0 Å². The fraction of sp³-hybridized carbons (Fsp3) is 0.750. The van der Waals surface area contributed by atoms with Crippen LogP contribution in [0.3, 0.4) is 0 Å². The second-order valence-corrected chi connectivity index (χ2v) is 3.26. The van der Waals surface area contributed by atoms with Gasteiger partial charge in [0.2, 0.25) is 0 Å². The van der Waals surface area contributed by atoms with E-state index in [2.05, 4.69) is 15.2 Å². The van der Waals surface area contributed by atoms with Gasteiger partial charge in [-0.25, -0.2) is 4.98 Å². The molecule has 0 radical (unpaired) electrons. The molecule has 0 saturated heterocycles. The Balaban J connectivity index is 2.15. The molecule has 0 bridgehead atoms. The van der Waals surface area contributed by atoms with Crippen molar-refractivity contribution in [2.75, 3.05) is 0 Å². The molecule has 1 heterocycles. The molecular weight excluding hydrogens is 138 g/mol. The van der Waals surface area contributed by atoms with E-state index < -0.39 is 0 Å². The largest absolute Gasteiger partial charge is 0.263 e. The summed E-state index contributed by atoms with van der Waals surface area (Å²) in [6, 6.07) is 0. The molecule has 0 amide bonds. The Labute approximate surface area is 66.2 Å². The lowest BCUT2D eigenvalue weighted by molar-refractivity contribution is 0.671. The Morgan fingerprint density at radius 2 is 2.09 bits per heavy atom. The molecule has 0 atom stereocenters. The summed E-state index contributed by atoms with van der Waals surface area (Å²) in [7, 11) is 0. The first-order valence-corrected chi connectivity index (χ1v) is 4.25. The van der Waals surface area contributed by atoms with E-state index >= 15 is 0 Å². The van der Waals surface area contributed by atoms with Gasteiger partial charge in [0.05, 0.1) is 0 Å². The van der Waals surface area contributed by atoms with Gasteiger partial charge in [0.1, 0.15) is 5.82 Å². The quantitative estimate of drug-likeness (QED) is 0.664. The van der Waals surface area contributed by atoms with Crippen LogP contribution in [0.1, 0.15) is 43.3 Å². The van der Waals surface area contributed by atoms with Crippen molar-refractivity contribution in [1.29, 1.82) is 0 Å².